The van der Waals surface area contributed by atoms with Crippen molar-refractivity contribution in [1.82, 2.24) is 0 Å². The Morgan fingerprint density at radius 1 is 1.00 bits per heavy atom. The zero-order chi connectivity index (χ0) is 21.1. The van der Waals surface area contributed by atoms with Gasteiger partial charge in [-0.15, -0.1) is 6.58 Å². The van der Waals surface area contributed by atoms with Crippen molar-refractivity contribution < 1.29 is 41.0 Å². The fourth-order valence-corrected chi connectivity index (χ4v) is 2.78. The predicted molar refractivity (Wildman–Crippen MR) is 90.6 cm³/mol. The van der Waals surface area contributed by atoms with E-state index < -0.39 is 52.7 Å². The smallest absolute Gasteiger partial charge is 0.349 e. The summed E-state index contributed by atoms with van der Waals surface area (Å²) < 4.78 is 83.5. The topological polar surface area (TPSA) is 44.8 Å². The number of rotatable bonds is 5. The fraction of sp³-hybridized carbons (Fsp3) is 0.250. The Labute approximate surface area is 162 Å². The van der Waals surface area contributed by atoms with E-state index in [1.807, 2.05) is 0 Å². The van der Waals surface area contributed by atoms with Crippen LogP contribution in [-0.2, 0) is 9.47 Å². The molecule has 1 aliphatic rings. The molecule has 2 aromatic rings. The number of hydrogen-bond donors (Lipinski definition) is 0. The zero-order valence-electron chi connectivity index (χ0n) is 14.9. The standard InChI is InChI=1S/C20H15F5O4/c1-2-3-10-8-27-20(28-9-10)11-4-13(21)17(14(22)5-11)19(26)29-12-6-15(23)18(25)16(24)7-12/h2,4-7,10,20H,1,3,8-9H2. The molecule has 0 bridgehead atoms. The molecule has 1 aliphatic heterocycles. The summed E-state index contributed by atoms with van der Waals surface area (Å²) in [6.07, 6.45) is 1.34. The molecule has 0 saturated carbocycles. The van der Waals surface area contributed by atoms with Gasteiger partial charge in [0.25, 0.3) is 0 Å². The molecule has 0 atom stereocenters. The minimum absolute atomic E-state index is 0.00692. The van der Waals surface area contributed by atoms with Crippen LogP contribution in [0, 0.1) is 35.0 Å². The summed E-state index contributed by atoms with van der Waals surface area (Å²) >= 11 is 0. The van der Waals surface area contributed by atoms with Crippen molar-refractivity contribution in [2.75, 3.05) is 13.2 Å². The quantitative estimate of drug-likeness (QED) is 0.231. The van der Waals surface area contributed by atoms with Gasteiger partial charge in [0.15, 0.2) is 23.7 Å². The lowest BCUT2D eigenvalue weighted by molar-refractivity contribution is -0.204. The molecule has 0 amide bonds. The molecular formula is C20H15F5O4. The van der Waals surface area contributed by atoms with Gasteiger partial charge in [-0.3, -0.25) is 0 Å². The summed E-state index contributed by atoms with van der Waals surface area (Å²) in [4.78, 5) is 12.1. The van der Waals surface area contributed by atoms with E-state index in [0.717, 1.165) is 12.1 Å². The summed E-state index contributed by atoms with van der Waals surface area (Å²) in [5, 5.41) is 0. The van der Waals surface area contributed by atoms with Gasteiger partial charge in [0.2, 0.25) is 0 Å². The maximum Gasteiger partial charge on any atom is 0.349 e. The van der Waals surface area contributed by atoms with Crippen LogP contribution in [0.5, 0.6) is 5.75 Å². The Balaban J connectivity index is 1.77. The van der Waals surface area contributed by atoms with Crippen LogP contribution in [-0.4, -0.2) is 19.2 Å². The number of esters is 1. The summed E-state index contributed by atoms with van der Waals surface area (Å²) in [6.45, 7) is 4.21. The van der Waals surface area contributed by atoms with Crippen LogP contribution in [0.4, 0.5) is 22.0 Å². The molecule has 4 nitrogen and oxygen atoms in total. The molecule has 154 valence electrons. The fourth-order valence-electron chi connectivity index (χ4n) is 2.78. The minimum atomic E-state index is -1.77. The van der Waals surface area contributed by atoms with Gasteiger partial charge < -0.3 is 14.2 Å². The van der Waals surface area contributed by atoms with E-state index in [1.165, 1.54) is 0 Å². The summed E-state index contributed by atoms with van der Waals surface area (Å²) in [7, 11) is 0. The Kier molecular flexibility index (Phi) is 6.29. The Morgan fingerprint density at radius 2 is 1.55 bits per heavy atom. The maximum absolute atomic E-state index is 14.4. The number of carbonyl (C=O) groups is 1. The van der Waals surface area contributed by atoms with E-state index in [-0.39, 0.29) is 11.5 Å². The minimum Gasteiger partial charge on any atom is -0.423 e. The third-order valence-corrected chi connectivity index (χ3v) is 4.18. The molecule has 29 heavy (non-hydrogen) atoms. The third-order valence-electron chi connectivity index (χ3n) is 4.18. The molecule has 3 rings (SSSR count). The van der Waals surface area contributed by atoms with Gasteiger partial charge in [0.1, 0.15) is 22.9 Å². The molecule has 0 N–H and O–H groups in total. The van der Waals surface area contributed by atoms with Crippen molar-refractivity contribution in [2.45, 2.75) is 12.7 Å². The van der Waals surface area contributed by atoms with Crippen LogP contribution in [0.15, 0.2) is 36.9 Å². The first-order valence-corrected chi connectivity index (χ1v) is 8.50. The molecule has 0 aromatic heterocycles. The van der Waals surface area contributed by atoms with Crippen molar-refractivity contribution in [3.05, 3.63) is 77.1 Å². The average molecular weight is 414 g/mol. The summed E-state index contributed by atoms with van der Waals surface area (Å²) in [6, 6.07) is 2.43. The molecular weight excluding hydrogens is 399 g/mol. The van der Waals surface area contributed by atoms with Crippen molar-refractivity contribution in [2.24, 2.45) is 5.92 Å². The van der Waals surface area contributed by atoms with Gasteiger partial charge in [0.05, 0.1) is 13.2 Å². The Bertz CT molecular complexity index is 892. The van der Waals surface area contributed by atoms with Gasteiger partial charge in [-0.2, -0.15) is 0 Å². The maximum atomic E-state index is 14.4. The number of benzene rings is 2. The number of halogens is 5. The first-order chi connectivity index (χ1) is 13.8. The molecule has 0 aliphatic carbocycles. The highest BCUT2D eigenvalue weighted by Gasteiger charge is 2.27. The van der Waals surface area contributed by atoms with Gasteiger partial charge in [0, 0.05) is 23.6 Å². The lowest BCUT2D eigenvalue weighted by Crippen LogP contribution is -2.27. The Hall–Kier alpha value is -2.78. The normalized spacial score (nSPS) is 19.1. The monoisotopic (exact) mass is 414 g/mol. The molecule has 1 saturated heterocycles. The number of hydrogen-bond acceptors (Lipinski definition) is 4. The third kappa shape index (κ3) is 4.63. The first kappa shape index (κ1) is 20.9. The largest absolute Gasteiger partial charge is 0.423 e. The average Bonchev–Trinajstić information content (AvgIpc) is 2.66. The van der Waals surface area contributed by atoms with Crippen LogP contribution in [0.25, 0.3) is 0 Å². The molecule has 9 heteroatoms. The summed E-state index contributed by atoms with van der Waals surface area (Å²) in [5.74, 6) is -9.80. The lowest BCUT2D eigenvalue weighted by atomic mass is 10.1. The van der Waals surface area contributed by atoms with E-state index in [2.05, 4.69) is 11.3 Å². The van der Waals surface area contributed by atoms with E-state index in [4.69, 9.17) is 9.47 Å². The Morgan fingerprint density at radius 3 is 2.07 bits per heavy atom. The van der Waals surface area contributed by atoms with E-state index in [0.29, 0.717) is 31.8 Å². The van der Waals surface area contributed by atoms with Gasteiger partial charge in [-0.05, 0) is 18.6 Å². The second-order valence-electron chi connectivity index (χ2n) is 6.34. The van der Waals surface area contributed by atoms with E-state index >= 15 is 0 Å². The zero-order valence-corrected chi connectivity index (χ0v) is 14.9. The van der Waals surface area contributed by atoms with E-state index in [1.54, 1.807) is 6.08 Å². The van der Waals surface area contributed by atoms with Crippen LogP contribution in [0.2, 0.25) is 0 Å². The number of allylic oxidation sites excluding steroid dienone is 1. The van der Waals surface area contributed by atoms with Gasteiger partial charge >= 0.3 is 5.97 Å². The van der Waals surface area contributed by atoms with Crippen LogP contribution < -0.4 is 4.74 Å². The molecule has 1 fully saturated rings. The SMILES string of the molecule is C=CCC1COC(c2cc(F)c(C(=O)Oc3cc(F)c(F)c(F)c3)c(F)c2)OC1. The van der Waals surface area contributed by atoms with Crippen LogP contribution in [0.3, 0.4) is 0 Å². The van der Waals surface area contributed by atoms with E-state index in [9.17, 15) is 26.7 Å². The predicted octanol–water partition coefficient (Wildman–Crippen LogP) is 4.84. The van der Waals surface area contributed by atoms with Crippen LogP contribution in [0.1, 0.15) is 28.6 Å². The summed E-state index contributed by atoms with van der Waals surface area (Å²) in [5.41, 5.74) is -1.08. The molecule has 2 aromatic carbocycles. The molecule has 0 radical (unpaired) electrons. The van der Waals surface area contributed by atoms with Gasteiger partial charge in [-0.1, -0.05) is 6.08 Å². The van der Waals surface area contributed by atoms with Gasteiger partial charge in [-0.25, -0.2) is 26.7 Å². The van der Waals surface area contributed by atoms with Crippen molar-refractivity contribution in [3.63, 3.8) is 0 Å². The molecule has 0 unspecified atom stereocenters. The number of ether oxygens (including phenoxy) is 3. The highest BCUT2D eigenvalue weighted by molar-refractivity contribution is 5.91. The highest BCUT2D eigenvalue weighted by Crippen LogP contribution is 2.29. The molecule has 0 spiro atoms. The lowest BCUT2D eigenvalue weighted by Gasteiger charge is -2.29. The van der Waals surface area contributed by atoms with Crippen molar-refractivity contribution in [1.29, 1.82) is 0 Å². The highest BCUT2D eigenvalue weighted by atomic mass is 19.2. The second kappa shape index (κ2) is 8.71. The van der Waals surface area contributed by atoms with Crippen molar-refractivity contribution >= 4 is 5.97 Å². The van der Waals surface area contributed by atoms with Crippen LogP contribution >= 0.6 is 0 Å². The van der Waals surface area contributed by atoms with Crippen molar-refractivity contribution in [3.8, 4) is 5.75 Å². The number of carbonyl (C=O) groups excluding carboxylic acids is 1. The first-order valence-electron chi connectivity index (χ1n) is 8.50. The molecule has 1 heterocycles. The second-order valence-corrected chi connectivity index (χ2v) is 6.34.